The number of nitrogens with zero attached hydrogens (tertiary/aromatic N) is 2. The molecule has 0 radical (unpaired) electrons. The molecule has 3 aromatic carbocycles. The molecular formula is C24H22N4O5. The summed E-state index contributed by atoms with van der Waals surface area (Å²) in [7, 11) is 0. The number of hydrogen-bond acceptors (Lipinski definition) is 5. The van der Waals surface area contributed by atoms with Gasteiger partial charge in [-0.05, 0) is 29.8 Å². The molecule has 0 saturated carbocycles. The van der Waals surface area contributed by atoms with Crippen molar-refractivity contribution >= 4 is 40.5 Å². The van der Waals surface area contributed by atoms with Crippen LogP contribution in [0.15, 0.2) is 84.9 Å². The molecule has 0 atom stereocenters. The Balaban J connectivity index is 0.000000454. The van der Waals surface area contributed by atoms with Gasteiger partial charge in [-0.3, -0.25) is 10.5 Å². The minimum Gasteiger partial charge on any atom is -0.539 e. The number of para-hydroxylation sites is 3. The van der Waals surface area contributed by atoms with E-state index in [4.69, 9.17) is 25.5 Å². The second-order valence-corrected chi connectivity index (χ2v) is 7.01. The molecule has 0 bridgehead atoms. The van der Waals surface area contributed by atoms with Crippen LogP contribution >= 0.6 is 0 Å². The molecule has 1 aromatic heterocycles. The van der Waals surface area contributed by atoms with Crippen LogP contribution in [0.5, 0.6) is 0 Å². The molecule has 0 aliphatic carbocycles. The summed E-state index contributed by atoms with van der Waals surface area (Å²) in [6.07, 6.45) is 0. The molecule has 0 saturated heterocycles. The molecule has 0 unspecified atom stereocenters. The molecule has 1 heterocycles. The molecular weight excluding hydrogens is 424 g/mol. The number of carboxylic acids is 2. The SMILES string of the molecule is Nc1n(CC(=O)Nc2ccccc2)c2ccccc2[n+]1Cc1ccccc1.O=C([O-])C(=O)O. The third-order valence-electron chi connectivity index (χ3n) is 4.73. The first-order valence-electron chi connectivity index (χ1n) is 9.96. The quantitative estimate of drug-likeness (QED) is 0.309. The third-order valence-corrected chi connectivity index (χ3v) is 4.73. The number of aromatic nitrogens is 2. The molecule has 0 fully saturated rings. The van der Waals surface area contributed by atoms with Gasteiger partial charge in [0.15, 0.2) is 12.5 Å². The molecule has 9 heteroatoms. The van der Waals surface area contributed by atoms with Crippen molar-refractivity contribution in [1.29, 1.82) is 0 Å². The molecule has 1 amide bonds. The Morgan fingerprint density at radius 2 is 1.45 bits per heavy atom. The Labute approximate surface area is 189 Å². The van der Waals surface area contributed by atoms with Gasteiger partial charge in [0.25, 0.3) is 5.91 Å². The summed E-state index contributed by atoms with van der Waals surface area (Å²) < 4.78 is 3.90. The highest BCUT2D eigenvalue weighted by molar-refractivity contribution is 6.26. The van der Waals surface area contributed by atoms with Crippen molar-refractivity contribution in [2.75, 3.05) is 11.1 Å². The van der Waals surface area contributed by atoms with Crippen molar-refractivity contribution in [1.82, 2.24) is 4.57 Å². The zero-order valence-electron chi connectivity index (χ0n) is 17.5. The van der Waals surface area contributed by atoms with Crippen LogP contribution in [0.1, 0.15) is 5.56 Å². The molecule has 0 spiro atoms. The fourth-order valence-corrected chi connectivity index (χ4v) is 3.28. The van der Waals surface area contributed by atoms with Crippen LogP contribution in [0.2, 0.25) is 0 Å². The average molecular weight is 446 g/mol. The van der Waals surface area contributed by atoms with Crippen molar-refractivity contribution in [3.05, 3.63) is 90.5 Å². The molecule has 0 aliphatic rings. The fourth-order valence-electron chi connectivity index (χ4n) is 3.28. The summed E-state index contributed by atoms with van der Waals surface area (Å²) in [5.41, 5.74) is 10.3. The smallest absolute Gasteiger partial charge is 0.356 e. The number of aliphatic carboxylic acids is 2. The normalized spacial score (nSPS) is 10.2. The summed E-state index contributed by atoms with van der Waals surface area (Å²) >= 11 is 0. The number of carboxylic acid groups (broad SMARTS) is 2. The molecule has 168 valence electrons. The number of nitrogens with one attached hydrogen (secondary N) is 1. The predicted octanol–water partition coefficient (Wildman–Crippen LogP) is 1.02. The second kappa shape index (κ2) is 10.6. The van der Waals surface area contributed by atoms with Gasteiger partial charge in [-0.2, -0.15) is 0 Å². The van der Waals surface area contributed by atoms with Gasteiger partial charge in [0, 0.05) is 5.69 Å². The zero-order chi connectivity index (χ0) is 23.8. The highest BCUT2D eigenvalue weighted by atomic mass is 16.4. The van der Waals surface area contributed by atoms with E-state index in [9.17, 15) is 4.79 Å². The number of carbonyl (C=O) groups excluding carboxylic acids is 2. The number of benzene rings is 3. The number of rotatable bonds is 5. The summed E-state index contributed by atoms with van der Waals surface area (Å²) in [5, 5.41) is 19.2. The lowest BCUT2D eigenvalue weighted by Crippen LogP contribution is -2.37. The van der Waals surface area contributed by atoms with Gasteiger partial charge < -0.3 is 20.3 Å². The van der Waals surface area contributed by atoms with Crippen LogP contribution < -0.4 is 20.7 Å². The van der Waals surface area contributed by atoms with Gasteiger partial charge in [0.1, 0.15) is 11.0 Å². The van der Waals surface area contributed by atoms with Gasteiger partial charge in [-0.1, -0.05) is 60.7 Å². The van der Waals surface area contributed by atoms with Crippen LogP contribution in [0.25, 0.3) is 11.0 Å². The maximum Gasteiger partial charge on any atom is 0.356 e. The Kier molecular flexibility index (Phi) is 7.38. The first-order valence-corrected chi connectivity index (χ1v) is 9.96. The van der Waals surface area contributed by atoms with Crippen LogP contribution in [0.4, 0.5) is 11.6 Å². The fraction of sp³-hybridized carbons (Fsp3) is 0.0833. The maximum absolute atomic E-state index is 12.5. The minimum atomic E-state index is -2.07. The van der Waals surface area contributed by atoms with Gasteiger partial charge >= 0.3 is 11.9 Å². The third kappa shape index (κ3) is 5.95. The number of nitrogens with two attached hydrogens (primary N) is 1. The summed E-state index contributed by atoms with van der Waals surface area (Å²) in [6, 6.07) is 27.6. The Morgan fingerprint density at radius 1 is 0.909 bits per heavy atom. The van der Waals surface area contributed by atoms with Crippen LogP contribution in [0.3, 0.4) is 0 Å². The van der Waals surface area contributed by atoms with Crippen molar-refractivity contribution in [3.63, 3.8) is 0 Å². The van der Waals surface area contributed by atoms with Crippen LogP contribution in [-0.2, 0) is 27.5 Å². The lowest BCUT2D eigenvalue weighted by atomic mass is 10.2. The van der Waals surface area contributed by atoms with Gasteiger partial charge in [-0.15, -0.1) is 0 Å². The summed E-state index contributed by atoms with van der Waals surface area (Å²) in [4.78, 5) is 30.6. The van der Waals surface area contributed by atoms with E-state index in [1.54, 1.807) is 0 Å². The Bertz CT molecular complexity index is 1260. The topological polar surface area (TPSA) is 141 Å². The maximum atomic E-state index is 12.5. The summed E-state index contributed by atoms with van der Waals surface area (Å²) in [6.45, 7) is 0.809. The largest absolute Gasteiger partial charge is 0.539 e. The van der Waals surface area contributed by atoms with Crippen LogP contribution in [-0.4, -0.2) is 27.5 Å². The van der Waals surface area contributed by atoms with Crippen molar-refractivity contribution < 1.29 is 29.2 Å². The lowest BCUT2D eigenvalue weighted by molar-refractivity contribution is -0.648. The van der Waals surface area contributed by atoms with Crippen molar-refractivity contribution in [2.45, 2.75) is 13.1 Å². The number of anilines is 2. The number of imidazole rings is 1. The number of carbonyl (C=O) groups is 3. The summed E-state index contributed by atoms with van der Waals surface area (Å²) in [5.74, 6) is -3.56. The molecule has 33 heavy (non-hydrogen) atoms. The Morgan fingerprint density at radius 3 is 2.06 bits per heavy atom. The van der Waals surface area contributed by atoms with Crippen LogP contribution in [0, 0.1) is 0 Å². The van der Waals surface area contributed by atoms with E-state index in [0.29, 0.717) is 12.5 Å². The molecule has 4 rings (SSSR count). The van der Waals surface area contributed by atoms with E-state index in [1.807, 2.05) is 81.9 Å². The predicted molar refractivity (Wildman–Crippen MR) is 120 cm³/mol. The van der Waals surface area contributed by atoms with E-state index in [2.05, 4.69) is 17.4 Å². The highest BCUT2D eigenvalue weighted by Crippen LogP contribution is 2.17. The average Bonchev–Trinajstić information content (AvgIpc) is 3.07. The van der Waals surface area contributed by atoms with Crippen molar-refractivity contribution in [2.24, 2.45) is 0 Å². The van der Waals surface area contributed by atoms with E-state index in [-0.39, 0.29) is 12.5 Å². The van der Waals surface area contributed by atoms with E-state index in [0.717, 1.165) is 22.3 Å². The first-order chi connectivity index (χ1) is 15.9. The highest BCUT2D eigenvalue weighted by Gasteiger charge is 2.22. The molecule has 9 nitrogen and oxygen atoms in total. The second-order valence-electron chi connectivity index (χ2n) is 7.01. The Hall–Kier alpha value is -4.66. The van der Waals surface area contributed by atoms with Crippen molar-refractivity contribution in [3.8, 4) is 0 Å². The van der Waals surface area contributed by atoms with E-state index >= 15 is 0 Å². The first kappa shape index (κ1) is 23.0. The van der Waals surface area contributed by atoms with Gasteiger partial charge in [-0.25, -0.2) is 13.9 Å². The number of hydrogen-bond donors (Lipinski definition) is 3. The minimum absolute atomic E-state index is 0.111. The lowest BCUT2D eigenvalue weighted by Gasteiger charge is -2.05. The van der Waals surface area contributed by atoms with Gasteiger partial charge in [0.2, 0.25) is 0 Å². The van der Waals surface area contributed by atoms with E-state index in [1.165, 1.54) is 0 Å². The number of fused-ring (bicyclic) bond motifs is 1. The standard InChI is InChI=1S/C22H20N4O.C2H2O4/c23-22-25(15-17-9-3-1-4-10-17)19-13-7-8-14-20(19)26(22)16-21(27)24-18-11-5-2-6-12-18;3-1(4)2(5)6/h1-14,23H,15-16H2,(H,24,27);(H,3,4)(H,5,6). The molecule has 4 aromatic rings. The number of nitrogen functional groups attached to an aromatic ring is 1. The molecule has 0 aliphatic heterocycles. The van der Waals surface area contributed by atoms with E-state index < -0.39 is 11.9 Å². The zero-order valence-corrected chi connectivity index (χ0v) is 17.5. The molecule has 4 N–H and O–H groups in total. The number of amides is 1. The monoisotopic (exact) mass is 446 g/mol. The van der Waals surface area contributed by atoms with Gasteiger partial charge in [0.05, 0.1) is 6.54 Å².